The Balaban J connectivity index is 1.49. The molecule has 1 aliphatic heterocycles. The van der Waals surface area contributed by atoms with Crippen LogP contribution in [0.2, 0.25) is 0 Å². The van der Waals surface area contributed by atoms with Crippen LogP contribution in [0.25, 0.3) is 0 Å². The molecule has 3 aromatic rings. The summed E-state index contributed by atoms with van der Waals surface area (Å²) in [5, 5.41) is 0. The zero-order valence-electron chi connectivity index (χ0n) is 21.1. The van der Waals surface area contributed by atoms with Gasteiger partial charge in [-0.05, 0) is 29.7 Å². The fourth-order valence-electron chi connectivity index (χ4n) is 4.31. The van der Waals surface area contributed by atoms with Crippen molar-refractivity contribution in [2.24, 2.45) is 0 Å². The van der Waals surface area contributed by atoms with Gasteiger partial charge in [0.2, 0.25) is 15.9 Å². The number of hydrogen-bond donors (Lipinski definition) is 0. The highest BCUT2D eigenvalue weighted by atomic mass is 32.2. The van der Waals surface area contributed by atoms with Crippen LogP contribution >= 0.6 is 0 Å². The molecule has 198 valence electrons. The third-order valence-electron chi connectivity index (χ3n) is 6.46. The SMILES string of the molecule is O=C(CN(CCN1CCOCC1)S(=O)(=O)Cc1ccccc1)N(CCc1ccccc1)Cc1ccco1. The monoisotopic (exact) mass is 525 g/mol. The standard InChI is InChI=1S/C28H35N3O5S/c32-28(30(22-27-12-7-19-36-27)14-13-25-8-3-1-4-9-25)23-31(16-15-29-17-20-35-21-18-29)37(33,34)24-26-10-5-2-6-11-26/h1-12,19H,13-18,20-24H2. The molecule has 1 saturated heterocycles. The van der Waals surface area contributed by atoms with Gasteiger partial charge in [0.15, 0.2) is 0 Å². The van der Waals surface area contributed by atoms with E-state index in [1.165, 1.54) is 4.31 Å². The molecular formula is C28H35N3O5S. The second-order valence-electron chi connectivity index (χ2n) is 9.16. The van der Waals surface area contributed by atoms with Crippen molar-refractivity contribution in [3.05, 3.63) is 95.9 Å². The van der Waals surface area contributed by atoms with E-state index in [0.29, 0.717) is 44.0 Å². The molecule has 1 amide bonds. The van der Waals surface area contributed by atoms with Gasteiger partial charge in [0.25, 0.3) is 0 Å². The van der Waals surface area contributed by atoms with Crippen LogP contribution in [-0.4, -0.2) is 80.9 Å². The Morgan fingerprint density at radius 1 is 0.865 bits per heavy atom. The van der Waals surface area contributed by atoms with Gasteiger partial charge in [-0.25, -0.2) is 8.42 Å². The molecule has 0 bridgehead atoms. The van der Waals surface area contributed by atoms with Crippen molar-refractivity contribution in [1.82, 2.24) is 14.1 Å². The molecule has 1 aromatic heterocycles. The predicted molar refractivity (Wildman–Crippen MR) is 142 cm³/mol. The van der Waals surface area contributed by atoms with E-state index in [-0.39, 0.29) is 31.3 Å². The van der Waals surface area contributed by atoms with Crippen LogP contribution < -0.4 is 0 Å². The Hall–Kier alpha value is -2.98. The molecule has 2 aromatic carbocycles. The van der Waals surface area contributed by atoms with Crippen LogP contribution in [0.3, 0.4) is 0 Å². The number of nitrogens with zero attached hydrogens (tertiary/aromatic N) is 3. The minimum Gasteiger partial charge on any atom is -0.467 e. The maximum Gasteiger partial charge on any atom is 0.238 e. The highest BCUT2D eigenvalue weighted by Gasteiger charge is 2.28. The first-order valence-electron chi connectivity index (χ1n) is 12.7. The molecule has 37 heavy (non-hydrogen) atoms. The summed E-state index contributed by atoms with van der Waals surface area (Å²) in [6.07, 6.45) is 2.24. The van der Waals surface area contributed by atoms with Gasteiger partial charge in [-0.1, -0.05) is 60.7 Å². The minimum absolute atomic E-state index is 0.146. The number of ether oxygens (including phenoxy) is 1. The van der Waals surface area contributed by atoms with Crippen LogP contribution in [0.15, 0.2) is 83.5 Å². The first kappa shape index (κ1) is 27.1. The van der Waals surface area contributed by atoms with Gasteiger partial charge >= 0.3 is 0 Å². The van der Waals surface area contributed by atoms with Crippen LogP contribution in [0.4, 0.5) is 0 Å². The number of morpholine rings is 1. The Bertz CT molecular complexity index is 1180. The van der Waals surface area contributed by atoms with Gasteiger partial charge < -0.3 is 14.1 Å². The van der Waals surface area contributed by atoms with Gasteiger partial charge in [-0.15, -0.1) is 0 Å². The average molecular weight is 526 g/mol. The summed E-state index contributed by atoms with van der Waals surface area (Å²) < 4.78 is 39.3. The highest BCUT2D eigenvalue weighted by molar-refractivity contribution is 7.88. The molecule has 2 heterocycles. The van der Waals surface area contributed by atoms with Crippen molar-refractivity contribution in [2.45, 2.75) is 18.7 Å². The molecule has 0 aliphatic carbocycles. The summed E-state index contributed by atoms with van der Waals surface area (Å²) in [4.78, 5) is 17.5. The van der Waals surface area contributed by atoms with E-state index in [4.69, 9.17) is 9.15 Å². The van der Waals surface area contributed by atoms with E-state index in [0.717, 1.165) is 18.7 Å². The lowest BCUT2D eigenvalue weighted by atomic mass is 10.1. The number of benzene rings is 2. The van der Waals surface area contributed by atoms with Crippen molar-refractivity contribution in [2.75, 3.05) is 52.5 Å². The normalized spacial score (nSPS) is 14.6. The molecule has 0 spiro atoms. The van der Waals surface area contributed by atoms with E-state index in [9.17, 15) is 13.2 Å². The topological polar surface area (TPSA) is 83.3 Å². The molecule has 1 fully saturated rings. The second-order valence-corrected chi connectivity index (χ2v) is 11.1. The third kappa shape index (κ3) is 8.53. The van der Waals surface area contributed by atoms with Crippen molar-refractivity contribution in [3.8, 4) is 0 Å². The molecule has 8 nitrogen and oxygen atoms in total. The van der Waals surface area contributed by atoms with E-state index >= 15 is 0 Å². The van der Waals surface area contributed by atoms with Gasteiger partial charge in [0.05, 0.1) is 38.3 Å². The molecule has 1 aliphatic rings. The molecule has 0 atom stereocenters. The van der Waals surface area contributed by atoms with E-state index < -0.39 is 10.0 Å². The number of sulfonamides is 1. The summed E-state index contributed by atoms with van der Waals surface area (Å²) >= 11 is 0. The third-order valence-corrected chi connectivity index (χ3v) is 8.26. The summed E-state index contributed by atoms with van der Waals surface area (Å²) in [6.45, 7) is 4.09. The Morgan fingerprint density at radius 3 is 2.19 bits per heavy atom. The molecule has 0 unspecified atom stereocenters. The maximum atomic E-state index is 13.6. The number of carbonyl (C=O) groups is 1. The number of hydrogen-bond acceptors (Lipinski definition) is 6. The number of amides is 1. The maximum absolute atomic E-state index is 13.6. The number of rotatable bonds is 13. The van der Waals surface area contributed by atoms with Crippen LogP contribution in [0, 0.1) is 0 Å². The fourth-order valence-corrected chi connectivity index (χ4v) is 5.78. The Kier molecular flexibility index (Phi) is 9.90. The summed E-state index contributed by atoms with van der Waals surface area (Å²) in [6, 6.07) is 22.6. The first-order valence-corrected chi connectivity index (χ1v) is 14.3. The van der Waals surface area contributed by atoms with Gasteiger partial charge in [-0.2, -0.15) is 4.31 Å². The van der Waals surface area contributed by atoms with Crippen molar-refractivity contribution < 1.29 is 22.4 Å². The van der Waals surface area contributed by atoms with Crippen molar-refractivity contribution >= 4 is 15.9 Å². The number of furan rings is 1. The molecule has 4 rings (SSSR count). The van der Waals surface area contributed by atoms with Gasteiger partial charge in [-0.3, -0.25) is 9.69 Å². The lowest BCUT2D eigenvalue weighted by Crippen LogP contribution is -2.47. The lowest BCUT2D eigenvalue weighted by Gasteiger charge is -2.31. The highest BCUT2D eigenvalue weighted by Crippen LogP contribution is 2.14. The summed E-state index contributed by atoms with van der Waals surface area (Å²) in [7, 11) is -3.73. The quantitative estimate of drug-likeness (QED) is 0.341. The van der Waals surface area contributed by atoms with E-state index in [1.54, 1.807) is 29.4 Å². The predicted octanol–water partition coefficient (Wildman–Crippen LogP) is 3.02. The van der Waals surface area contributed by atoms with Gasteiger partial charge in [0, 0.05) is 32.7 Å². The lowest BCUT2D eigenvalue weighted by molar-refractivity contribution is -0.132. The van der Waals surface area contributed by atoms with E-state index in [1.807, 2.05) is 54.6 Å². The largest absolute Gasteiger partial charge is 0.467 e. The summed E-state index contributed by atoms with van der Waals surface area (Å²) in [5.41, 5.74) is 1.81. The molecule has 0 radical (unpaired) electrons. The Labute approximate surface area is 219 Å². The zero-order valence-corrected chi connectivity index (χ0v) is 21.9. The smallest absolute Gasteiger partial charge is 0.238 e. The average Bonchev–Trinajstić information content (AvgIpc) is 3.43. The Morgan fingerprint density at radius 2 is 1.54 bits per heavy atom. The molecule has 9 heteroatoms. The molecular weight excluding hydrogens is 490 g/mol. The van der Waals surface area contributed by atoms with Gasteiger partial charge in [0.1, 0.15) is 5.76 Å². The number of carbonyl (C=O) groups excluding carboxylic acids is 1. The first-order chi connectivity index (χ1) is 18.0. The van der Waals surface area contributed by atoms with Crippen LogP contribution in [-0.2, 0) is 38.3 Å². The van der Waals surface area contributed by atoms with E-state index in [2.05, 4.69) is 4.90 Å². The fraction of sp³-hybridized carbons (Fsp3) is 0.393. The molecule has 0 N–H and O–H groups in total. The van der Waals surface area contributed by atoms with Crippen molar-refractivity contribution in [3.63, 3.8) is 0 Å². The summed E-state index contributed by atoms with van der Waals surface area (Å²) in [5.74, 6) is 0.270. The van der Waals surface area contributed by atoms with Crippen molar-refractivity contribution in [1.29, 1.82) is 0 Å². The molecule has 0 saturated carbocycles. The van der Waals surface area contributed by atoms with Crippen LogP contribution in [0.1, 0.15) is 16.9 Å². The van der Waals surface area contributed by atoms with Crippen LogP contribution in [0.5, 0.6) is 0 Å². The second kappa shape index (κ2) is 13.5. The zero-order chi connectivity index (χ0) is 25.9. The minimum atomic E-state index is -3.73.